The zero-order valence-electron chi connectivity index (χ0n) is 10.3. The molecule has 0 fully saturated rings. The lowest BCUT2D eigenvalue weighted by Gasteiger charge is -2.21. The molecule has 0 spiro atoms. The molecule has 1 aromatic carbocycles. The van der Waals surface area contributed by atoms with Gasteiger partial charge in [0.1, 0.15) is 0 Å². The average molecular weight is 245 g/mol. The van der Waals surface area contributed by atoms with Crippen molar-refractivity contribution in [2.24, 2.45) is 0 Å². The third-order valence-electron chi connectivity index (χ3n) is 2.56. The van der Waals surface area contributed by atoms with Crippen molar-refractivity contribution in [3.05, 3.63) is 35.4 Å². The first kappa shape index (κ1) is 14.0. The third kappa shape index (κ3) is 4.04. The van der Waals surface area contributed by atoms with E-state index in [0.29, 0.717) is 5.56 Å². The summed E-state index contributed by atoms with van der Waals surface area (Å²) in [5, 5.41) is 3.26. The van der Waals surface area contributed by atoms with Gasteiger partial charge in [-0.05, 0) is 24.1 Å². The summed E-state index contributed by atoms with van der Waals surface area (Å²) in [5.74, 6) is 0. The van der Waals surface area contributed by atoms with E-state index in [0.717, 1.165) is 12.5 Å². The highest BCUT2D eigenvalue weighted by molar-refractivity contribution is 5.28. The normalized spacial score (nSPS) is 14.1. The molecule has 1 nitrogen and oxygen atoms in total. The first-order valence-corrected chi connectivity index (χ1v) is 5.77. The molecule has 0 aliphatic carbocycles. The molecule has 1 rings (SSSR count). The molecule has 0 saturated heterocycles. The second-order valence-electron chi connectivity index (χ2n) is 4.41. The largest absolute Gasteiger partial charge is 0.416 e. The Bertz CT molecular complexity index is 358. The van der Waals surface area contributed by atoms with Crippen molar-refractivity contribution >= 4 is 0 Å². The summed E-state index contributed by atoms with van der Waals surface area (Å²) in [6, 6.07) is 5.74. The smallest absolute Gasteiger partial charge is 0.308 e. The van der Waals surface area contributed by atoms with E-state index in [4.69, 9.17) is 0 Å². The maximum absolute atomic E-state index is 12.6. The lowest BCUT2D eigenvalue weighted by Crippen LogP contribution is -2.27. The summed E-state index contributed by atoms with van der Waals surface area (Å²) in [4.78, 5) is 0. The van der Waals surface area contributed by atoms with E-state index in [1.165, 1.54) is 12.1 Å². The van der Waals surface area contributed by atoms with Gasteiger partial charge in [0.05, 0.1) is 5.56 Å². The molecule has 0 amide bonds. The molecule has 0 aliphatic heterocycles. The van der Waals surface area contributed by atoms with Gasteiger partial charge in [-0.3, -0.25) is 0 Å². The second kappa shape index (κ2) is 5.54. The Kier molecular flexibility index (Phi) is 4.57. The summed E-state index contributed by atoms with van der Waals surface area (Å²) < 4.78 is 37.7. The van der Waals surface area contributed by atoms with E-state index in [2.05, 4.69) is 5.32 Å². The molecule has 0 aromatic heterocycles. The molecule has 0 unspecified atom stereocenters. The van der Waals surface area contributed by atoms with Gasteiger partial charge in [-0.2, -0.15) is 13.2 Å². The fourth-order valence-electron chi connectivity index (χ4n) is 1.78. The van der Waals surface area contributed by atoms with Crippen LogP contribution >= 0.6 is 0 Å². The van der Waals surface area contributed by atoms with Gasteiger partial charge in [0.25, 0.3) is 0 Å². The van der Waals surface area contributed by atoms with Gasteiger partial charge >= 0.3 is 6.18 Å². The Balaban J connectivity index is 2.97. The molecule has 0 aliphatic rings. The molecule has 0 bridgehead atoms. The molecule has 17 heavy (non-hydrogen) atoms. The Labute approximate surface area is 100 Å². The first-order chi connectivity index (χ1) is 7.84. The Morgan fingerprint density at radius 1 is 1.24 bits per heavy atom. The maximum atomic E-state index is 12.6. The minimum atomic E-state index is -4.27. The number of hydrogen-bond acceptors (Lipinski definition) is 1. The number of benzene rings is 1. The number of nitrogens with one attached hydrogen (secondary N) is 1. The molecule has 0 saturated carbocycles. The van der Waals surface area contributed by atoms with Gasteiger partial charge in [-0.15, -0.1) is 0 Å². The summed E-state index contributed by atoms with van der Waals surface area (Å²) in [7, 11) is 0. The summed E-state index contributed by atoms with van der Waals surface area (Å²) >= 11 is 0. The van der Waals surface area contributed by atoms with Crippen molar-refractivity contribution in [3.8, 4) is 0 Å². The van der Waals surface area contributed by atoms with Crippen LogP contribution in [-0.4, -0.2) is 6.04 Å². The SMILES string of the molecule is CC[C@@H](NC(C)C)c1cccc(C(F)(F)F)c1. The molecule has 1 aromatic rings. The fraction of sp³-hybridized carbons (Fsp3) is 0.538. The Morgan fingerprint density at radius 2 is 1.88 bits per heavy atom. The maximum Gasteiger partial charge on any atom is 0.416 e. The highest BCUT2D eigenvalue weighted by Gasteiger charge is 2.30. The Hall–Kier alpha value is -1.03. The molecular formula is C13H18F3N. The molecule has 0 heterocycles. The monoisotopic (exact) mass is 245 g/mol. The highest BCUT2D eigenvalue weighted by atomic mass is 19.4. The van der Waals surface area contributed by atoms with Crippen LogP contribution in [0.3, 0.4) is 0 Å². The van der Waals surface area contributed by atoms with E-state index in [-0.39, 0.29) is 12.1 Å². The molecule has 1 atom stereocenters. The van der Waals surface area contributed by atoms with Gasteiger partial charge < -0.3 is 5.32 Å². The third-order valence-corrected chi connectivity index (χ3v) is 2.56. The van der Waals surface area contributed by atoms with Crippen LogP contribution in [0.15, 0.2) is 24.3 Å². The van der Waals surface area contributed by atoms with Gasteiger partial charge in [0, 0.05) is 12.1 Å². The van der Waals surface area contributed by atoms with E-state index < -0.39 is 11.7 Å². The van der Waals surface area contributed by atoms with Crippen molar-refractivity contribution < 1.29 is 13.2 Å². The van der Waals surface area contributed by atoms with E-state index >= 15 is 0 Å². The van der Waals surface area contributed by atoms with Crippen LogP contribution in [0, 0.1) is 0 Å². The zero-order chi connectivity index (χ0) is 13.1. The van der Waals surface area contributed by atoms with Gasteiger partial charge in [-0.25, -0.2) is 0 Å². The quantitative estimate of drug-likeness (QED) is 0.840. The molecule has 0 radical (unpaired) electrons. The topological polar surface area (TPSA) is 12.0 Å². The number of halogens is 3. The number of alkyl halides is 3. The number of rotatable bonds is 4. The highest BCUT2D eigenvalue weighted by Crippen LogP contribution is 2.31. The van der Waals surface area contributed by atoms with Crippen LogP contribution in [0.25, 0.3) is 0 Å². The average Bonchev–Trinajstić information content (AvgIpc) is 2.24. The van der Waals surface area contributed by atoms with E-state index in [1.54, 1.807) is 6.07 Å². The van der Waals surface area contributed by atoms with Crippen LogP contribution in [-0.2, 0) is 6.18 Å². The minimum Gasteiger partial charge on any atom is -0.308 e. The fourth-order valence-corrected chi connectivity index (χ4v) is 1.78. The van der Waals surface area contributed by atoms with Crippen molar-refractivity contribution in [1.82, 2.24) is 5.32 Å². The van der Waals surface area contributed by atoms with Gasteiger partial charge in [0.15, 0.2) is 0 Å². The summed E-state index contributed by atoms with van der Waals surface area (Å²) in [5.41, 5.74) is 0.107. The second-order valence-corrected chi connectivity index (χ2v) is 4.41. The predicted molar refractivity (Wildman–Crippen MR) is 62.7 cm³/mol. The van der Waals surface area contributed by atoms with Crippen LogP contribution in [0.1, 0.15) is 44.4 Å². The van der Waals surface area contributed by atoms with Crippen LogP contribution < -0.4 is 5.32 Å². The summed E-state index contributed by atoms with van der Waals surface area (Å²) in [6.45, 7) is 5.92. The Morgan fingerprint density at radius 3 is 2.35 bits per heavy atom. The minimum absolute atomic E-state index is 0.0303. The van der Waals surface area contributed by atoms with Gasteiger partial charge in [-0.1, -0.05) is 32.9 Å². The lowest BCUT2D eigenvalue weighted by molar-refractivity contribution is -0.137. The van der Waals surface area contributed by atoms with Crippen molar-refractivity contribution in [2.45, 2.75) is 45.5 Å². The van der Waals surface area contributed by atoms with Crippen molar-refractivity contribution in [2.75, 3.05) is 0 Å². The van der Waals surface area contributed by atoms with E-state index in [9.17, 15) is 13.2 Å². The predicted octanol–water partition coefficient (Wildman–Crippen LogP) is 4.15. The molecule has 96 valence electrons. The lowest BCUT2D eigenvalue weighted by atomic mass is 10.0. The number of hydrogen-bond donors (Lipinski definition) is 1. The molecular weight excluding hydrogens is 227 g/mol. The summed E-state index contributed by atoms with van der Waals surface area (Å²) in [6.07, 6.45) is -3.51. The molecule has 4 heteroatoms. The van der Waals surface area contributed by atoms with Crippen LogP contribution in [0.2, 0.25) is 0 Å². The van der Waals surface area contributed by atoms with Crippen molar-refractivity contribution in [1.29, 1.82) is 0 Å². The van der Waals surface area contributed by atoms with Crippen molar-refractivity contribution in [3.63, 3.8) is 0 Å². The van der Waals surface area contributed by atoms with Gasteiger partial charge in [0.2, 0.25) is 0 Å². The van der Waals surface area contributed by atoms with E-state index in [1.807, 2.05) is 20.8 Å². The zero-order valence-corrected chi connectivity index (χ0v) is 10.3. The molecule has 1 N–H and O–H groups in total. The van der Waals surface area contributed by atoms with Crippen LogP contribution in [0.5, 0.6) is 0 Å². The first-order valence-electron chi connectivity index (χ1n) is 5.77. The van der Waals surface area contributed by atoms with Crippen LogP contribution in [0.4, 0.5) is 13.2 Å². The standard InChI is InChI=1S/C13H18F3N/c1-4-12(17-9(2)3)10-6-5-7-11(8-10)13(14,15)16/h5-9,12,17H,4H2,1-3H3/t12-/m1/s1.